The summed E-state index contributed by atoms with van der Waals surface area (Å²) in [6.07, 6.45) is 0. The summed E-state index contributed by atoms with van der Waals surface area (Å²) in [5, 5.41) is 10.1. The van der Waals surface area contributed by atoms with Gasteiger partial charge in [0.2, 0.25) is 0 Å². The third kappa shape index (κ3) is 6.21. The maximum absolute atomic E-state index is 2.39. The largest absolute Gasteiger partial charge is 0.311 e. The van der Waals surface area contributed by atoms with Gasteiger partial charge in [0.05, 0.1) is 0 Å². The van der Waals surface area contributed by atoms with E-state index >= 15 is 0 Å². The van der Waals surface area contributed by atoms with Gasteiger partial charge in [0, 0.05) is 17.1 Å². The molecule has 0 aliphatic rings. The molecule has 1 heteroatoms. The minimum atomic E-state index is 1.10. The van der Waals surface area contributed by atoms with Gasteiger partial charge in [-0.1, -0.05) is 194 Å². The van der Waals surface area contributed by atoms with E-state index in [2.05, 4.69) is 241 Å². The molecule has 0 radical (unpaired) electrons. The molecule has 11 rings (SSSR count). The van der Waals surface area contributed by atoms with Crippen molar-refractivity contribution in [2.75, 3.05) is 4.90 Å². The number of fused-ring (bicyclic) bond motifs is 5. The molecule has 0 aliphatic carbocycles. The van der Waals surface area contributed by atoms with Crippen molar-refractivity contribution in [1.82, 2.24) is 0 Å². The topological polar surface area (TPSA) is 3.24 Å². The second-order valence-electron chi connectivity index (χ2n) is 15.3. The fraction of sp³-hybridized carbons (Fsp3) is 0. The normalized spacial score (nSPS) is 11.4. The van der Waals surface area contributed by atoms with E-state index in [0.717, 1.165) is 17.1 Å². The number of rotatable bonds is 7. The van der Waals surface area contributed by atoms with Crippen LogP contribution in [-0.2, 0) is 0 Å². The van der Waals surface area contributed by atoms with E-state index in [1.54, 1.807) is 0 Å². The van der Waals surface area contributed by atoms with Gasteiger partial charge in [0.15, 0.2) is 0 Å². The van der Waals surface area contributed by atoms with E-state index in [9.17, 15) is 0 Å². The monoisotopic (exact) mass is 749 g/mol. The number of benzene rings is 11. The number of hydrogen-bond donors (Lipinski definition) is 0. The quantitative estimate of drug-likeness (QED) is 0.147. The van der Waals surface area contributed by atoms with Crippen LogP contribution in [0, 0.1) is 0 Å². The molecule has 276 valence electrons. The zero-order chi connectivity index (χ0) is 39.1. The van der Waals surface area contributed by atoms with Crippen LogP contribution >= 0.6 is 0 Å². The SMILES string of the molecule is c1ccc(-c2ccc(N(c3ccc(-c4ccc5ccccc5c4-c4cc5ccccc5c5ccccc45)cc3)c3ccc(-c4cccc5ccccc45)cc3)cc2)cc1. The van der Waals surface area contributed by atoms with Crippen LogP contribution < -0.4 is 4.90 Å². The third-order valence-corrected chi connectivity index (χ3v) is 11.9. The molecule has 0 aromatic heterocycles. The molecule has 11 aromatic carbocycles. The molecule has 0 heterocycles. The van der Waals surface area contributed by atoms with E-state index in [1.807, 2.05) is 0 Å². The average molecular weight is 750 g/mol. The van der Waals surface area contributed by atoms with Gasteiger partial charge in [-0.15, -0.1) is 0 Å². The summed E-state index contributed by atoms with van der Waals surface area (Å²) >= 11 is 0. The van der Waals surface area contributed by atoms with Gasteiger partial charge >= 0.3 is 0 Å². The van der Waals surface area contributed by atoms with Gasteiger partial charge in [-0.3, -0.25) is 0 Å². The Balaban J connectivity index is 1.04. The molecule has 0 fully saturated rings. The van der Waals surface area contributed by atoms with Crippen LogP contribution in [0.3, 0.4) is 0 Å². The molecule has 0 saturated carbocycles. The predicted molar refractivity (Wildman–Crippen MR) is 253 cm³/mol. The fourth-order valence-electron chi connectivity index (χ4n) is 9.00. The highest BCUT2D eigenvalue weighted by atomic mass is 15.1. The highest BCUT2D eigenvalue weighted by Crippen LogP contribution is 2.45. The molecule has 1 nitrogen and oxygen atoms in total. The highest BCUT2D eigenvalue weighted by molar-refractivity contribution is 6.18. The second kappa shape index (κ2) is 14.6. The molecule has 0 bridgehead atoms. The molecule has 0 saturated heterocycles. The summed E-state index contributed by atoms with van der Waals surface area (Å²) in [4.78, 5) is 2.36. The Kier molecular flexibility index (Phi) is 8.56. The number of nitrogens with zero attached hydrogens (tertiary/aromatic N) is 1. The first kappa shape index (κ1) is 34.5. The molecule has 0 N–H and O–H groups in total. The van der Waals surface area contributed by atoms with E-state index in [0.29, 0.717) is 0 Å². The maximum atomic E-state index is 2.39. The Hall–Kier alpha value is -7.74. The van der Waals surface area contributed by atoms with Crippen LogP contribution in [0.25, 0.3) is 87.6 Å². The minimum absolute atomic E-state index is 1.10. The van der Waals surface area contributed by atoms with E-state index in [4.69, 9.17) is 0 Å². The van der Waals surface area contributed by atoms with E-state index in [1.165, 1.54) is 87.6 Å². The van der Waals surface area contributed by atoms with Crippen LogP contribution in [0.1, 0.15) is 0 Å². The summed E-state index contributed by atoms with van der Waals surface area (Å²) in [5.41, 5.74) is 13.0. The molecule has 0 amide bonds. The van der Waals surface area contributed by atoms with Gasteiger partial charge in [0.25, 0.3) is 0 Å². The molecule has 0 spiro atoms. The maximum Gasteiger partial charge on any atom is 0.0462 e. The first-order chi connectivity index (χ1) is 29.3. The molecular weight excluding hydrogens is 711 g/mol. The van der Waals surface area contributed by atoms with Crippen molar-refractivity contribution in [2.24, 2.45) is 0 Å². The van der Waals surface area contributed by atoms with Crippen LogP contribution in [0.5, 0.6) is 0 Å². The molecule has 0 atom stereocenters. The summed E-state index contributed by atoms with van der Waals surface area (Å²) < 4.78 is 0. The van der Waals surface area contributed by atoms with E-state index < -0.39 is 0 Å². The standard InChI is InChI=1S/C58H39N/c1-2-13-40(14-3-1)41-25-32-47(33-26-41)59(48-34-27-44(28-35-48)51-24-12-18-42-15-4-7-19-50(42)51)49-36-29-45(30-37-49)54-38-31-43-16-5-9-21-53(43)58(54)57-39-46-17-6-8-20-52(46)55-22-10-11-23-56(55)57/h1-39H. The minimum Gasteiger partial charge on any atom is -0.311 e. The lowest BCUT2D eigenvalue weighted by atomic mass is 9.86. The molecule has 0 aliphatic heterocycles. The van der Waals surface area contributed by atoms with Gasteiger partial charge in [-0.2, -0.15) is 0 Å². The Morgan fingerprint density at radius 1 is 0.220 bits per heavy atom. The highest BCUT2D eigenvalue weighted by Gasteiger charge is 2.18. The molecular formula is C58H39N. The summed E-state index contributed by atoms with van der Waals surface area (Å²) in [6, 6.07) is 86.2. The Bertz CT molecular complexity index is 3280. The van der Waals surface area contributed by atoms with Crippen molar-refractivity contribution < 1.29 is 0 Å². The van der Waals surface area contributed by atoms with Crippen molar-refractivity contribution in [3.63, 3.8) is 0 Å². The number of anilines is 3. The lowest BCUT2D eigenvalue weighted by Crippen LogP contribution is -2.09. The fourth-order valence-corrected chi connectivity index (χ4v) is 9.00. The molecule has 0 unspecified atom stereocenters. The van der Waals surface area contributed by atoms with Crippen molar-refractivity contribution in [1.29, 1.82) is 0 Å². The zero-order valence-corrected chi connectivity index (χ0v) is 32.5. The van der Waals surface area contributed by atoms with Crippen molar-refractivity contribution in [3.8, 4) is 44.5 Å². The van der Waals surface area contributed by atoms with Gasteiger partial charge in [-0.25, -0.2) is 0 Å². The van der Waals surface area contributed by atoms with Crippen LogP contribution in [0.15, 0.2) is 237 Å². The first-order valence-electron chi connectivity index (χ1n) is 20.3. The Morgan fingerprint density at radius 2 is 0.678 bits per heavy atom. The summed E-state index contributed by atoms with van der Waals surface area (Å²) in [7, 11) is 0. The first-order valence-corrected chi connectivity index (χ1v) is 20.3. The van der Waals surface area contributed by atoms with Crippen molar-refractivity contribution >= 4 is 60.2 Å². The zero-order valence-electron chi connectivity index (χ0n) is 32.5. The van der Waals surface area contributed by atoms with Crippen molar-refractivity contribution in [3.05, 3.63) is 237 Å². The van der Waals surface area contributed by atoms with Crippen LogP contribution in [-0.4, -0.2) is 0 Å². The predicted octanol–water partition coefficient (Wildman–Crippen LogP) is 16.4. The van der Waals surface area contributed by atoms with Crippen molar-refractivity contribution in [2.45, 2.75) is 0 Å². The van der Waals surface area contributed by atoms with Crippen LogP contribution in [0.4, 0.5) is 17.1 Å². The Morgan fingerprint density at radius 3 is 1.34 bits per heavy atom. The van der Waals surface area contributed by atoms with E-state index in [-0.39, 0.29) is 0 Å². The molecule has 59 heavy (non-hydrogen) atoms. The van der Waals surface area contributed by atoms with Gasteiger partial charge in [0.1, 0.15) is 0 Å². The summed E-state index contributed by atoms with van der Waals surface area (Å²) in [5.74, 6) is 0. The van der Waals surface area contributed by atoms with Gasteiger partial charge in [-0.05, 0) is 130 Å². The lowest BCUT2D eigenvalue weighted by Gasteiger charge is -2.26. The Labute approximate surface area is 344 Å². The smallest absolute Gasteiger partial charge is 0.0462 e. The van der Waals surface area contributed by atoms with Gasteiger partial charge < -0.3 is 4.90 Å². The number of hydrogen-bond acceptors (Lipinski definition) is 1. The lowest BCUT2D eigenvalue weighted by molar-refractivity contribution is 1.28. The van der Waals surface area contributed by atoms with Crippen LogP contribution in [0.2, 0.25) is 0 Å². The third-order valence-electron chi connectivity index (χ3n) is 11.9. The molecule has 11 aromatic rings. The second-order valence-corrected chi connectivity index (χ2v) is 15.3. The summed E-state index contributed by atoms with van der Waals surface area (Å²) in [6.45, 7) is 0. The average Bonchev–Trinajstić information content (AvgIpc) is 3.32.